The number of methoxy groups -OCH3 is 1. The topological polar surface area (TPSA) is 26.3 Å². The lowest BCUT2D eigenvalue weighted by Crippen LogP contribution is -2.43. The van der Waals surface area contributed by atoms with Crippen molar-refractivity contribution in [3.05, 3.63) is 29.3 Å². The van der Waals surface area contributed by atoms with Gasteiger partial charge in [-0.2, -0.15) is 0 Å². The third kappa shape index (κ3) is 1.98. The van der Waals surface area contributed by atoms with Crippen LogP contribution >= 0.6 is 0 Å². The quantitative estimate of drug-likeness (QED) is 0.764. The molecular weight excluding hydrogens is 236 g/mol. The Kier molecular flexibility index (Phi) is 2.92. The molecule has 2 aliphatic rings. The first-order valence-electron chi connectivity index (χ1n) is 7.24. The van der Waals surface area contributed by atoms with Crippen LogP contribution in [0.2, 0.25) is 0 Å². The number of carbonyl (C=O) groups excluding carboxylic acids is 1. The molecule has 0 saturated heterocycles. The third-order valence-electron chi connectivity index (χ3n) is 5.18. The molecule has 1 aromatic rings. The standard InChI is InChI=1S/C17H22O2/c1-17(2)8-4-5-14-15(17)10-11-9-12(19-3)6-7-13(11)16(14)18/h6-7,9,14-15H,4-5,8,10H2,1-3H3/t14-,15+/m0/s1. The van der Waals surface area contributed by atoms with Crippen molar-refractivity contribution in [3.8, 4) is 5.75 Å². The molecule has 2 nitrogen and oxygen atoms in total. The Balaban J connectivity index is 2.04. The first kappa shape index (κ1) is 12.7. The summed E-state index contributed by atoms with van der Waals surface area (Å²) < 4.78 is 5.29. The summed E-state index contributed by atoms with van der Waals surface area (Å²) in [6.45, 7) is 4.64. The van der Waals surface area contributed by atoms with Crippen molar-refractivity contribution in [3.63, 3.8) is 0 Å². The predicted molar refractivity (Wildman–Crippen MR) is 75.6 cm³/mol. The highest BCUT2D eigenvalue weighted by atomic mass is 16.5. The lowest BCUT2D eigenvalue weighted by atomic mass is 9.57. The molecule has 1 aromatic carbocycles. The number of ketones is 1. The minimum Gasteiger partial charge on any atom is -0.497 e. The van der Waals surface area contributed by atoms with Gasteiger partial charge in [-0.1, -0.05) is 20.3 Å². The second-order valence-corrected chi connectivity index (χ2v) is 6.69. The van der Waals surface area contributed by atoms with Crippen molar-refractivity contribution in [1.82, 2.24) is 0 Å². The summed E-state index contributed by atoms with van der Waals surface area (Å²) in [6, 6.07) is 5.91. The van der Waals surface area contributed by atoms with Crippen LogP contribution in [0.1, 0.15) is 49.0 Å². The van der Waals surface area contributed by atoms with E-state index in [0.717, 1.165) is 24.2 Å². The van der Waals surface area contributed by atoms with Gasteiger partial charge in [0.15, 0.2) is 5.78 Å². The highest BCUT2D eigenvalue weighted by Crippen LogP contribution is 2.49. The van der Waals surface area contributed by atoms with E-state index in [0.29, 0.717) is 11.7 Å². The van der Waals surface area contributed by atoms with Gasteiger partial charge in [-0.3, -0.25) is 4.79 Å². The minimum absolute atomic E-state index is 0.240. The Morgan fingerprint density at radius 3 is 2.84 bits per heavy atom. The zero-order valence-corrected chi connectivity index (χ0v) is 12.0. The van der Waals surface area contributed by atoms with Gasteiger partial charge < -0.3 is 4.74 Å². The Labute approximate surface area is 115 Å². The number of hydrogen-bond donors (Lipinski definition) is 0. The van der Waals surface area contributed by atoms with Crippen molar-refractivity contribution < 1.29 is 9.53 Å². The Morgan fingerprint density at radius 2 is 2.11 bits per heavy atom. The molecule has 19 heavy (non-hydrogen) atoms. The molecule has 0 N–H and O–H groups in total. The number of fused-ring (bicyclic) bond motifs is 2. The summed E-state index contributed by atoms with van der Waals surface area (Å²) in [5.41, 5.74) is 2.39. The van der Waals surface area contributed by atoms with E-state index in [1.54, 1.807) is 7.11 Å². The van der Waals surface area contributed by atoms with Crippen LogP contribution in [0.4, 0.5) is 0 Å². The summed E-state index contributed by atoms with van der Waals surface area (Å²) in [6.07, 6.45) is 4.51. The molecule has 2 aliphatic carbocycles. The van der Waals surface area contributed by atoms with Gasteiger partial charge in [-0.05, 0) is 54.4 Å². The average Bonchev–Trinajstić information content (AvgIpc) is 2.39. The number of carbonyl (C=O) groups is 1. The van der Waals surface area contributed by atoms with Crippen molar-refractivity contribution in [1.29, 1.82) is 0 Å². The lowest BCUT2D eigenvalue weighted by molar-refractivity contribution is 0.0490. The molecule has 0 radical (unpaired) electrons. The summed E-state index contributed by atoms with van der Waals surface area (Å²) in [4.78, 5) is 12.7. The van der Waals surface area contributed by atoms with Gasteiger partial charge in [0, 0.05) is 11.5 Å². The molecule has 102 valence electrons. The van der Waals surface area contributed by atoms with Crippen LogP contribution in [0.15, 0.2) is 18.2 Å². The number of hydrogen-bond acceptors (Lipinski definition) is 2. The molecule has 0 aromatic heterocycles. The van der Waals surface area contributed by atoms with E-state index >= 15 is 0 Å². The molecule has 0 aliphatic heterocycles. The molecule has 1 saturated carbocycles. The van der Waals surface area contributed by atoms with E-state index in [2.05, 4.69) is 13.8 Å². The Hall–Kier alpha value is -1.31. The Bertz CT molecular complexity index is 516. The van der Waals surface area contributed by atoms with Crippen LogP contribution in [-0.2, 0) is 6.42 Å². The van der Waals surface area contributed by atoms with E-state index in [-0.39, 0.29) is 11.3 Å². The largest absolute Gasteiger partial charge is 0.497 e. The zero-order valence-electron chi connectivity index (χ0n) is 12.0. The van der Waals surface area contributed by atoms with E-state index in [1.807, 2.05) is 18.2 Å². The highest BCUT2D eigenvalue weighted by molar-refractivity contribution is 6.00. The average molecular weight is 258 g/mol. The van der Waals surface area contributed by atoms with E-state index in [1.165, 1.54) is 18.4 Å². The molecular formula is C17H22O2. The maximum absolute atomic E-state index is 12.7. The van der Waals surface area contributed by atoms with Gasteiger partial charge in [0.1, 0.15) is 5.75 Å². The smallest absolute Gasteiger partial charge is 0.166 e. The van der Waals surface area contributed by atoms with Crippen molar-refractivity contribution in [2.75, 3.05) is 7.11 Å². The van der Waals surface area contributed by atoms with Crippen molar-refractivity contribution >= 4 is 5.78 Å². The van der Waals surface area contributed by atoms with Gasteiger partial charge in [-0.25, -0.2) is 0 Å². The van der Waals surface area contributed by atoms with E-state index in [4.69, 9.17) is 4.74 Å². The van der Waals surface area contributed by atoms with Crippen LogP contribution in [-0.4, -0.2) is 12.9 Å². The van der Waals surface area contributed by atoms with E-state index in [9.17, 15) is 4.79 Å². The molecule has 2 atom stereocenters. The molecule has 0 bridgehead atoms. The molecule has 0 heterocycles. The SMILES string of the molecule is COc1ccc2c(c1)C[C@@H]1[C@H](CCCC1(C)C)C2=O. The minimum atomic E-state index is 0.240. The molecule has 0 spiro atoms. The van der Waals surface area contributed by atoms with Crippen LogP contribution < -0.4 is 4.74 Å². The van der Waals surface area contributed by atoms with Crippen molar-refractivity contribution in [2.24, 2.45) is 17.3 Å². The number of rotatable bonds is 1. The second kappa shape index (κ2) is 4.36. The fourth-order valence-corrected chi connectivity index (χ4v) is 3.98. The predicted octanol–water partition coefficient (Wildman–Crippen LogP) is 3.88. The van der Waals surface area contributed by atoms with Gasteiger partial charge >= 0.3 is 0 Å². The van der Waals surface area contributed by atoms with Crippen LogP contribution in [0.25, 0.3) is 0 Å². The van der Waals surface area contributed by atoms with Gasteiger partial charge in [0.05, 0.1) is 7.11 Å². The van der Waals surface area contributed by atoms with Crippen LogP contribution in [0, 0.1) is 17.3 Å². The fourth-order valence-electron chi connectivity index (χ4n) is 3.98. The van der Waals surface area contributed by atoms with Gasteiger partial charge in [-0.15, -0.1) is 0 Å². The summed E-state index contributed by atoms with van der Waals surface area (Å²) in [5, 5.41) is 0. The number of ether oxygens (including phenoxy) is 1. The van der Waals surface area contributed by atoms with Crippen LogP contribution in [0.5, 0.6) is 5.75 Å². The number of benzene rings is 1. The molecule has 2 heteroatoms. The summed E-state index contributed by atoms with van der Waals surface area (Å²) >= 11 is 0. The second-order valence-electron chi connectivity index (χ2n) is 6.69. The van der Waals surface area contributed by atoms with E-state index < -0.39 is 0 Å². The fraction of sp³-hybridized carbons (Fsp3) is 0.588. The maximum atomic E-state index is 12.7. The zero-order chi connectivity index (χ0) is 13.6. The first-order valence-corrected chi connectivity index (χ1v) is 7.24. The maximum Gasteiger partial charge on any atom is 0.166 e. The lowest BCUT2D eigenvalue weighted by Gasteiger charge is -2.46. The summed E-state index contributed by atoms with van der Waals surface area (Å²) in [7, 11) is 1.68. The van der Waals surface area contributed by atoms with Gasteiger partial charge in [0.25, 0.3) is 0 Å². The molecule has 3 rings (SSSR count). The van der Waals surface area contributed by atoms with Gasteiger partial charge in [0.2, 0.25) is 0 Å². The Morgan fingerprint density at radius 1 is 1.32 bits per heavy atom. The highest BCUT2D eigenvalue weighted by Gasteiger charge is 2.45. The monoisotopic (exact) mass is 258 g/mol. The third-order valence-corrected chi connectivity index (χ3v) is 5.18. The molecule has 0 unspecified atom stereocenters. The first-order chi connectivity index (χ1) is 9.03. The number of Topliss-reactive ketones (excluding diaryl/α,β-unsaturated/α-hetero) is 1. The molecule has 1 fully saturated rings. The normalized spacial score (nSPS) is 28.5. The van der Waals surface area contributed by atoms with Crippen molar-refractivity contribution in [2.45, 2.75) is 39.5 Å². The summed E-state index contributed by atoms with van der Waals surface area (Å²) in [5.74, 6) is 1.96. The van der Waals surface area contributed by atoms with Crippen LogP contribution in [0.3, 0.4) is 0 Å². The molecule has 0 amide bonds.